The van der Waals surface area contributed by atoms with Crippen molar-refractivity contribution < 1.29 is 14.7 Å². The maximum Gasteiger partial charge on any atom is 0.307 e. The second-order valence-electron chi connectivity index (χ2n) is 7.80. The van der Waals surface area contributed by atoms with Crippen molar-refractivity contribution in [2.75, 3.05) is 0 Å². The summed E-state index contributed by atoms with van der Waals surface area (Å²) in [7, 11) is 0. The highest BCUT2D eigenvalue weighted by Gasteiger charge is 2.22. The molecule has 0 fully saturated rings. The monoisotopic (exact) mass is 460 g/mol. The molecule has 1 heterocycles. The average molecular weight is 461 g/mol. The zero-order chi connectivity index (χ0) is 23.4. The lowest BCUT2D eigenvalue weighted by Gasteiger charge is -2.13. The molecule has 0 aliphatic rings. The number of halogens is 1. The highest BCUT2D eigenvalue weighted by molar-refractivity contribution is 6.30. The van der Waals surface area contributed by atoms with E-state index in [1.54, 1.807) is 48.7 Å². The topological polar surface area (TPSA) is 89.3 Å². The molecule has 0 aliphatic heterocycles. The third-order valence-electron chi connectivity index (χ3n) is 5.62. The SMILES string of the molecule is O=C(C[C@@H](CCn1ncc2ccccc2c1=O)C(=O)O)c1ccc(-c2ccc(Cl)cc2)cc1. The van der Waals surface area contributed by atoms with Gasteiger partial charge in [-0.15, -0.1) is 0 Å². The molecule has 1 atom stereocenters. The van der Waals surface area contributed by atoms with Gasteiger partial charge in [-0.1, -0.05) is 66.2 Å². The van der Waals surface area contributed by atoms with Crippen LogP contribution in [0.2, 0.25) is 5.02 Å². The summed E-state index contributed by atoms with van der Waals surface area (Å²) in [4.78, 5) is 37.1. The van der Waals surface area contributed by atoms with Gasteiger partial charge in [0.2, 0.25) is 0 Å². The van der Waals surface area contributed by atoms with E-state index in [2.05, 4.69) is 5.10 Å². The number of carbonyl (C=O) groups excluding carboxylic acids is 1. The summed E-state index contributed by atoms with van der Waals surface area (Å²) in [6.45, 7) is 0.115. The van der Waals surface area contributed by atoms with Crippen molar-refractivity contribution in [1.29, 1.82) is 0 Å². The molecule has 0 bridgehead atoms. The minimum Gasteiger partial charge on any atom is -0.481 e. The van der Waals surface area contributed by atoms with E-state index >= 15 is 0 Å². The van der Waals surface area contributed by atoms with Crippen LogP contribution in [0.25, 0.3) is 21.9 Å². The summed E-state index contributed by atoms with van der Waals surface area (Å²) in [5, 5.41) is 15.7. The number of fused-ring (bicyclic) bond motifs is 1. The van der Waals surface area contributed by atoms with Gasteiger partial charge in [0.25, 0.3) is 5.56 Å². The fourth-order valence-electron chi connectivity index (χ4n) is 3.71. The summed E-state index contributed by atoms with van der Waals surface area (Å²) in [6, 6.07) is 21.5. The number of aliphatic carboxylic acids is 1. The van der Waals surface area contributed by atoms with Crippen LogP contribution in [0.4, 0.5) is 0 Å². The lowest BCUT2D eigenvalue weighted by Crippen LogP contribution is -2.26. The minimum atomic E-state index is -1.07. The smallest absolute Gasteiger partial charge is 0.307 e. The van der Waals surface area contributed by atoms with Crippen molar-refractivity contribution in [2.24, 2.45) is 5.92 Å². The molecule has 7 heteroatoms. The lowest BCUT2D eigenvalue weighted by atomic mass is 9.94. The molecule has 0 radical (unpaired) electrons. The Hall–Kier alpha value is -3.77. The Morgan fingerprint density at radius 3 is 2.24 bits per heavy atom. The van der Waals surface area contributed by atoms with Gasteiger partial charge >= 0.3 is 5.97 Å². The molecule has 1 aromatic heterocycles. The first-order chi connectivity index (χ1) is 15.9. The van der Waals surface area contributed by atoms with Crippen LogP contribution in [0, 0.1) is 5.92 Å². The Morgan fingerprint density at radius 1 is 0.939 bits per heavy atom. The van der Waals surface area contributed by atoms with Crippen LogP contribution in [0.15, 0.2) is 83.8 Å². The van der Waals surface area contributed by atoms with Gasteiger partial charge in [-0.2, -0.15) is 5.10 Å². The zero-order valence-corrected chi connectivity index (χ0v) is 18.4. The van der Waals surface area contributed by atoms with Crippen LogP contribution >= 0.6 is 11.6 Å². The van der Waals surface area contributed by atoms with Gasteiger partial charge in [0.1, 0.15) is 0 Å². The molecule has 0 spiro atoms. The van der Waals surface area contributed by atoms with Crippen molar-refractivity contribution >= 4 is 34.1 Å². The largest absolute Gasteiger partial charge is 0.481 e. The van der Waals surface area contributed by atoms with Gasteiger partial charge in [-0.25, -0.2) is 4.68 Å². The Labute approximate surface area is 195 Å². The second kappa shape index (κ2) is 9.79. The van der Waals surface area contributed by atoms with Crippen LogP contribution in [-0.2, 0) is 11.3 Å². The van der Waals surface area contributed by atoms with Crippen molar-refractivity contribution in [3.05, 3.63) is 99.9 Å². The van der Waals surface area contributed by atoms with E-state index in [1.807, 2.05) is 30.3 Å². The molecule has 4 aromatic rings. The molecule has 0 aliphatic carbocycles. The predicted molar refractivity (Wildman–Crippen MR) is 128 cm³/mol. The number of aromatic nitrogens is 2. The second-order valence-corrected chi connectivity index (χ2v) is 8.23. The van der Waals surface area contributed by atoms with Gasteiger partial charge in [-0.3, -0.25) is 14.4 Å². The van der Waals surface area contributed by atoms with Crippen molar-refractivity contribution in [1.82, 2.24) is 9.78 Å². The molecule has 0 saturated heterocycles. The molecule has 0 amide bonds. The third-order valence-corrected chi connectivity index (χ3v) is 5.87. The van der Waals surface area contributed by atoms with E-state index < -0.39 is 11.9 Å². The van der Waals surface area contributed by atoms with E-state index in [-0.39, 0.29) is 30.7 Å². The van der Waals surface area contributed by atoms with Crippen molar-refractivity contribution in [3.8, 4) is 11.1 Å². The molecular weight excluding hydrogens is 440 g/mol. The lowest BCUT2D eigenvalue weighted by molar-refractivity contribution is -0.142. The Bertz CT molecular complexity index is 1360. The normalized spacial score (nSPS) is 11.9. The molecule has 6 nitrogen and oxygen atoms in total. The number of aryl methyl sites for hydroxylation is 1. The minimum absolute atomic E-state index is 0.115. The molecule has 3 aromatic carbocycles. The maximum atomic E-state index is 12.7. The number of carboxylic acids is 1. The number of carbonyl (C=O) groups is 2. The maximum absolute atomic E-state index is 12.7. The summed E-state index contributed by atoms with van der Waals surface area (Å²) >= 11 is 5.92. The van der Waals surface area contributed by atoms with Crippen LogP contribution in [0.5, 0.6) is 0 Å². The molecule has 1 N–H and O–H groups in total. The first-order valence-electron chi connectivity index (χ1n) is 10.5. The number of nitrogens with zero attached hydrogens (tertiary/aromatic N) is 2. The molecule has 0 unspecified atom stereocenters. The Kier molecular flexibility index (Phi) is 6.66. The fourth-order valence-corrected chi connectivity index (χ4v) is 3.84. The van der Waals surface area contributed by atoms with Gasteiger partial charge in [0, 0.05) is 28.9 Å². The number of rotatable bonds is 8. The third kappa shape index (κ3) is 5.18. The van der Waals surface area contributed by atoms with E-state index in [9.17, 15) is 19.5 Å². The molecular formula is C26H21ClN2O4. The fraction of sp³-hybridized carbons (Fsp3) is 0.154. The number of carboxylic acid groups (broad SMARTS) is 1. The van der Waals surface area contributed by atoms with E-state index in [4.69, 9.17) is 11.6 Å². The molecule has 166 valence electrons. The van der Waals surface area contributed by atoms with E-state index in [0.717, 1.165) is 16.5 Å². The van der Waals surface area contributed by atoms with Gasteiger partial charge in [-0.05, 0) is 35.7 Å². The highest BCUT2D eigenvalue weighted by atomic mass is 35.5. The van der Waals surface area contributed by atoms with Crippen LogP contribution in [-0.4, -0.2) is 26.6 Å². The van der Waals surface area contributed by atoms with E-state index in [1.165, 1.54) is 4.68 Å². The summed E-state index contributed by atoms with van der Waals surface area (Å²) < 4.78 is 1.25. The van der Waals surface area contributed by atoms with Gasteiger partial charge < -0.3 is 5.11 Å². The standard InChI is InChI=1S/C26H21ClN2O4/c27-22-11-9-18(10-12-22)17-5-7-19(8-6-17)24(30)15-20(26(32)33)13-14-29-25(31)23-4-2-1-3-21(23)16-28-29/h1-12,16,20H,13-15H2,(H,32,33)/t20-/m1/s1. The molecule has 4 rings (SSSR count). The van der Waals surface area contributed by atoms with Gasteiger partial charge in [0.05, 0.1) is 17.5 Å². The number of hydrogen-bond acceptors (Lipinski definition) is 4. The van der Waals surface area contributed by atoms with Crippen molar-refractivity contribution in [2.45, 2.75) is 19.4 Å². The molecule has 33 heavy (non-hydrogen) atoms. The number of Topliss-reactive ketones (excluding diaryl/α,β-unsaturated/α-hetero) is 1. The number of benzene rings is 3. The Morgan fingerprint density at radius 2 is 1.58 bits per heavy atom. The quantitative estimate of drug-likeness (QED) is 0.370. The van der Waals surface area contributed by atoms with E-state index in [0.29, 0.717) is 16.0 Å². The van der Waals surface area contributed by atoms with Crippen LogP contribution < -0.4 is 5.56 Å². The predicted octanol–water partition coefficient (Wildman–Crippen LogP) is 5.08. The first-order valence-corrected chi connectivity index (χ1v) is 10.9. The van der Waals surface area contributed by atoms with Crippen LogP contribution in [0.1, 0.15) is 23.2 Å². The first kappa shape index (κ1) is 22.4. The summed E-state index contributed by atoms with van der Waals surface area (Å²) in [5.41, 5.74) is 2.07. The van der Waals surface area contributed by atoms with Crippen molar-refractivity contribution in [3.63, 3.8) is 0 Å². The Balaban J connectivity index is 1.44. The zero-order valence-electron chi connectivity index (χ0n) is 17.6. The average Bonchev–Trinajstić information content (AvgIpc) is 2.83. The van der Waals surface area contributed by atoms with Crippen LogP contribution in [0.3, 0.4) is 0 Å². The highest BCUT2D eigenvalue weighted by Crippen LogP contribution is 2.23. The molecule has 0 saturated carbocycles. The summed E-state index contributed by atoms with van der Waals surface area (Å²) in [5.74, 6) is -2.26. The summed E-state index contributed by atoms with van der Waals surface area (Å²) in [6.07, 6.45) is 1.55. The van der Waals surface area contributed by atoms with Gasteiger partial charge in [0.15, 0.2) is 5.78 Å². The number of hydrogen-bond donors (Lipinski definition) is 1. The number of ketones is 1.